The second kappa shape index (κ2) is 21.0. The molecule has 402 valence electrons. The number of anilines is 3. The minimum absolute atomic E-state index is 0.117. The number of benzene rings is 14. The molecule has 0 aliphatic carbocycles. The van der Waals surface area contributed by atoms with E-state index < -0.39 is 0 Å². The van der Waals surface area contributed by atoms with Crippen LogP contribution in [0.1, 0.15) is 0 Å². The van der Waals surface area contributed by atoms with Crippen molar-refractivity contribution in [1.82, 2.24) is 0 Å². The standard InChI is InChI=1S/C84H55B2N/c1-4-26-56(27-5-1)62-42-23-43-63(57-28-6-2-7-29-57)82(62)85-77-47-18-16-40-72(77)67-36-12-15-39-70(67)76-55-59(52-53-71(76)73-41-17-19-48-78(73)85)58-30-22-31-60(54-58)64-44-24-45-74-68-37-13-10-34-65(68)66-35-11-14-38-69(66)75-46-25-51-81-84(75)86(83(64)74)79-49-20-21-50-80(79)87(81)61-32-8-3-9-33-61/h1-55H. The van der Waals surface area contributed by atoms with Crippen LogP contribution in [0.15, 0.2) is 334 Å². The first-order valence-electron chi connectivity index (χ1n) is 30.4. The third-order valence-electron chi connectivity index (χ3n) is 18.7. The summed E-state index contributed by atoms with van der Waals surface area (Å²) in [5.74, 6) is 0. The molecule has 0 amide bonds. The summed E-state index contributed by atoms with van der Waals surface area (Å²) in [6.45, 7) is -0.246. The van der Waals surface area contributed by atoms with Crippen LogP contribution in [0.5, 0.6) is 0 Å². The van der Waals surface area contributed by atoms with Crippen LogP contribution < -0.4 is 37.7 Å². The third-order valence-corrected chi connectivity index (χ3v) is 18.7. The summed E-state index contributed by atoms with van der Waals surface area (Å²) in [6.07, 6.45) is 0. The normalized spacial score (nSPS) is 12.3. The average Bonchev–Trinajstić information content (AvgIpc) is 1.87. The van der Waals surface area contributed by atoms with Crippen molar-refractivity contribution in [1.29, 1.82) is 0 Å². The highest BCUT2D eigenvalue weighted by atomic mass is 15.1. The van der Waals surface area contributed by atoms with Crippen molar-refractivity contribution < 1.29 is 0 Å². The fourth-order valence-corrected chi connectivity index (χ4v) is 15.0. The molecule has 0 saturated heterocycles. The third kappa shape index (κ3) is 8.26. The highest BCUT2D eigenvalue weighted by Crippen LogP contribution is 2.46. The molecule has 3 aliphatic rings. The molecule has 0 bridgehead atoms. The molecule has 0 unspecified atom stereocenters. The van der Waals surface area contributed by atoms with Crippen LogP contribution in [0.25, 0.3) is 111 Å². The number of fused-ring (bicyclic) bond motifs is 16. The second-order valence-corrected chi connectivity index (χ2v) is 23.3. The first-order valence-corrected chi connectivity index (χ1v) is 30.4. The van der Waals surface area contributed by atoms with Crippen LogP contribution in [0.4, 0.5) is 17.1 Å². The summed E-state index contributed by atoms with van der Waals surface area (Å²) in [5, 5.41) is 0. The molecule has 14 aromatic carbocycles. The predicted octanol–water partition coefficient (Wildman–Crippen LogP) is 17.8. The van der Waals surface area contributed by atoms with E-state index in [0.29, 0.717) is 0 Å². The fraction of sp³-hybridized carbons (Fsp3) is 0. The predicted molar refractivity (Wildman–Crippen MR) is 371 cm³/mol. The van der Waals surface area contributed by atoms with Crippen LogP contribution in [-0.2, 0) is 0 Å². The minimum Gasteiger partial charge on any atom is -0.312 e. The molecule has 3 aliphatic heterocycles. The first-order chi connectivity index (χ1) is 43.2. The number of hydrogen-bond donors (Lipinski definition) is 0. The summed E-state index contributed by atoms with van der Waals surface area (Å²) in [6, 6.07) is 125. The van der Waals surface area contributed by atoms with Gasteiger partial charge in [0.05, 0.1) is 0 Å². The van der Waals surface area contributed by atoms with E-state index in [2.05, 4.69) is 339 Å². The largest absolute Gasteiger partial charge is 0.312 e. The summed E-state index contributed by atoms with van der Waals surface area (Å²) in [5.41, 5.74) is 35.6. The average molecular weight is 1100 g/mol. The Morgan fingerprint density at radius 3 is 1.10 bits per heavy atom. The topological polar surface area (TPSA) is 3.24 Å². The van der Waals surface area contributed by atoms with E-state index in [4.69, 9.17) is 0 Å². The van der Waals surface area contributed by atoms with Gasteiger partial charge in [0.2, 0.25) is 13.4 Å². The monoisotopic (exact) mass is 1100 g/mol. The molecule has 3 heterocycles. The Morgan fingerprint density at radius 1 is 0.172 bits per heavy atom. The molecule has 1 nitrogen and oxygen atoms in total. The molecule has 0 N–H and O–H groups in total. The maximum Gasteiger partial charge on any atom is 0.249 e. The van der Waals surface area contributed by atoms with Gasteiger partial charge in [-0.2, -0.15) is 0 Å². The van der Waals surface area contributed by atoms with Gasteiger partial charge in [-0.05, 0) is 159 Å². The van der Waals surface area contributed by atoms with Crippen LogP contribution in [-0.4, -0.2) is 13.4 Å². The molecule has 0 spiro atoms. The van der Waals surface area contributed by atoms with Gasteiger partial charge in [-0.1, -0.05) is 319 Å². The SMILES string of the molecule is c1ccc(-c2cccc(-c3ccccc3)c2B2c3ccccc3-c3ccccc3-c3cc(-c4cccc(-c5cccc6c5B5c7ccccc7N(c7ccccc7)c7cccc(c75)-c5ccccc5-c5ccccc5-6)c4)ccc3-c3ccccc32)cc1. The molecule has 14 aromatic rings. The summed E-state index contributed by atoms with van der Waals surface area (Å²) < 4.78 is 0. The molecule has 0 atom stereocenters. The lowest BCUT2D eigenvalue weighted by Crippen LogP contribution is -2.58. The number of hydrogen-bond acceptors (Lipinski definition) is 1. The maximum atomic E-state index is 2.49. The van der Waals surface area contributed by atoms with Crippen LogP contribution >= 0.6 is 0 Å². The molecule has 87 heavy (non-hydrogen) atoms. The van der Waals surface area contributed by atoms with Gasteiger partial charge in [0.15, 0.2) is 0 Å². The Hall–Kier alpha value is -11.0. The molecule has 0 aromatic heterocycles. The van der Waals surface area contributed by atoms with Crippen molar-refractivity contribution in [2.75, 3.05) is 4.90 Å². The van der Waals surface area contributed by atoms with Crippen molar-refractivity contribution in [2.24, 2.45) is 0 Å². The number of nitrogens with zero attached hydrogens (tertiary/aromatic N) is 1. The molecule has 0 saturated carbocycles. The van der Waals surface area contributed by atoms with Crippen LogP contribution in [0.2, 0.25) is 0 Å². The molecule has 3 heteroatoms. The minimum atomic E-state index is -0.129. The Labute approximate surface area is 510 Å². The van der Waals surface area contributed by atoms with E-state index in [1.807, 2.05) is 0 Å². The second-order valence-electron chi connectivity index (χ2n) is 23.3. The van der Waals surface area contributed by atoms with Crippen molar-refractivity contribution in [3.8, 4) is 111 Å². The van der Waals surface area contributed by atoms with Crippen molar-refractivity contribution >= 4 is 63.3 Å². The Kier molecular flexibility index (Phi) is 12.2. The van der Waals surface area contributed by atoms with Crippen molar-refractivity contribution in [2.45, 2.75) is 0 Å². The van der Waals surface area contributed by atoms with Gasteiger partial charge in [0.25, 0.3) is 0 Å². The summed E-state index contributed by atoms with van der Waals surface area (Å²) >= 11 is 0. The van der Waals surface area contributed by atoms with Gasteiger partial charge in [0.1, 0.15) is 0 Å². The summed E-state index contributed by atoms with van der Waals surface area (Å²) in [4.78, 5) is 2.49. The Morgan fingerprint density at radius 2 is 0.517 bits per heavy atom. The van der Waals surface area contributed by atoms with Gasteiger partial charge in [-0.3, -0.25) is 0 Å². The van der Waals surface area contributed by atoms with Crippen molar-refractivity contribution in [3.63, 3.8) is 0 Å². The van der Waals surface area contributed by atoms with E-state index in [9.17, 15) is 0 Å². The van der Waals surface area contributed by atoms with Gasteiger partial charge in [-0.15, -0.1) is 0 Å². The van der Waals surface area contributed by atoms with Crippen LogP contribution in [0, 0.1) is 0 Å². The van der Waals surface area contributed by atoms with Crippen molar-refractivity contribution in [3.05, 3.63) is 334 Å². The lowest BCUT2D eigenvalue weighted by atomic mass is 9.32. The quantitative estimate of drug-likeness (QED) is 0.150. The zero-order chi connectivity index (χ0) is 57.4. The number of para-hydroxylation sites is 2. The Balaban J connectivity index is 0.887. The van der Waals surface area contributed by atoms with Gasteiger partial charge in [-0.25, -0.2) is 0 Å². The maximum absolute atomic E-state index is 2.49. The van der Waals surface area contributed by atoms with E-state index in [0.717, 1.165) is 11.3 Å². The lowest BCUT2D eigenvalue weighted by molar-refractivity contribution is 1.29. The molecular weight excluding hydrogens is 1040 g/mol. The number of rotatable bonds is 6. The fourth-order valence-electron chi connectivity index (χ4n) is 15.0. The van der Waals surface area contributed by atoms with Gasteiger partial charge in [0, 0.05) is 17.1 Å². The van der Waals surface area contributed by atoms with Crippen LogP contribution in [0.3, 0.4) is 0 Å². The van der Waals surface area contributed by atoms with E-state index in [-0.39, 0.29) is 13.4 Å². The van der Waals surface area contributed by atoms with E-state index >= 15 is 0 Å². The summed E-state index contributed by atoms with van der Waals surface area (Å²) in [7, 11) is 0. The lowest BCUT2D eigenvalue weighted by Gasteiger charge is -2.39. The zero-order valence-corrected chi connectivity index (χ0v) is 47.9. The molecule has 0 radical (unpaired) electrons. The van der Waals surface area contributed by atoms with E-state index in [1.165, 1.54) is 150 Å². The van der Waals surface area contributed by atoms with Gasteiger partial charge < -0.3 is 4.90 Å². The zero-order valence-electron chi connectivity index (χ0n) is 47.9. The smallest absolute Gasteiger partial charge is 0.249 e. The van der Waals surface area contributed by atoms with E-state index in [1.54, 1.807) is 0 Å². The molecule has 0 fully saturated rings. The highest BCUT2D eigenvalue weighted by molar-refractivity contribution is 7.00. The van der Waals surface area contributed by atoms with Gasteiger partial charge >= 0.3 is 0 Å². The molecular formula is C84H55B2N. The first kappa shape index (κ1) is 50.5. The molecule has 17 rings (SSSR count). The Bertz CT molecular complexity index is 4950. The highest BCUT2D eigenvalue weighted by Gasteiger charge is 2.41.